The number of carbonyl (C=O) groups excluding carboxylic acids is 1. The van der Waals surface area contributed by atoms with Gasteiger partial charge in [0.25, 0.3) is 5.91 Å². The molecule has 100 valence electrons. The van der Waals surface area contributed by atoms with Gasteiger partial charge in [-0.05, 0) is 12.5 Å². The zero-order valence-electron chi connectivity index (χ0n) is 9.83. The summed E-state index contributed by atoms with van der Waals surface area (Å²) in [4.78, 5) is 13.7. The molecule has 1 unspecified atom stereocenters. The van der Waals surface area contributed by atoms with Crippen molar-refractivity contribution in [2.24, 2.45) is 5.14 Å². The van der Waals surface area contributed by atoms with E-state index in [1.165, 1.54) is 11.4 Å². The van der Waals surface area contributed by atoms with Gasteiger partial charge in [0.1, 0.15) is 4.21 Å². The minimum Gasteiger partial charge on any atom is -0.379 e. The van der Waals surface area contributed by atoms with Crippen LogP contribution in [0.1, 0.15) is 16.8 Å². The molecule has 18 heavy (non-hydrogen) atoms. The second kappa shape index (κ2) is 4.96. The van der Waals surface area contributed by atoms with E-state index in [9.17, 15) is 13.2 Å². The maximum atomic E-state index is 12.1. The van der Waals surface area contributed by atoms with Crippen LogP contribution in [0.15, 0.2) is 15.7 Å². The molecule has 1 amide bonds. The first-order valence-electron chi connectivity index (χ1n) is 5.36. The first-order chi connectivity index (χ1) is 8.39. The second-order valence-electron chi connectivity index (χ2n) is 4.13. The zero-order chi connectivity index (χ0) is 13.3. The fourth-order valence-electron chi connectivity index (χ4n) is 1.77. The predicted molar refractivity (Wildman–Crippen MR) is 67.0 cm³/mol. The van der Waals surface area contributed by atoms with E-state index in [1.54, 1.807) is 11.9 Å². The Labute approximate surface area is 109 Å². The highest BCUT2D eigenvalue weighted by atomic mass is 32.2. The number of nitrogens with two attached hydrogens (primary N) is 1. The van der Waals surface area contributed by atoms with Gasteiger partial charge in [0.2, 0.25) is 10.0 Å². The molecule has 1 aromatic rings. The third kappa shape index (κ3) is 2.72. The lowest BCUT2D eigenvalue weighted by molar-refractivity contribution is 0.0711. The molecular weight excluding hydrogens is 276 g/mol. The van der Waals surface area contributed by atoms with E-state index >= 15 is 0 Å². The van der Waals surface area contributed by atoms with E-state index in [0.717, 1.165) is 17.8 Å². The molecule has 6 nitrogen and oxygen atoms in total. The van der Waals surface area contributed by atoms with Crippen molar-refractivity contribution in [3.8, 4) is 0 Å². The van der Waals surface area contributed by atoms with Crippen molar-refractivity contribution in [1.82, 2.24) is 4.90 Å². The number of thiophene rings is 1. The lowest BCUT2D eigenvalue weighted by Crippen LogP contribution is -2.37. The highest BCUT2D eigenvalue weighted by Crippen LogP contribution is 2.21. The van der Waals surface area contributed by atoms with E-state index in [1.807, 2.05) is 0 Å². The number of carbonyl (C=O) groups is 1. The van der Waals surface area contributed by atoms with Gasteiger partial charge in [0.05, 0.1) is 18.2 Å². The first kappa shape index (κ1) is 13.5. The topological polar surface area (TPSA) is 89.7 Å². The number of rotatable bonds is 3. The Morgan fingerprint density at radius 1 is 1.61 bits per heavy atom. The summed E-state index contributed by atoms with van der Waals surface area (Å²) >= 11 is 0.953. The van der Waals surface area contributed by atoms with E-state index in [-0.39, 0.29) is 16.2 Å². The Bertz CT molecular complexity index is 546. The fraction of sp³-hybridized carbons (Fsp3) is 0.500. The molecule has 2 rings (SSSR count). The van der Waals surface area contributed by atoms with Crippen LogP contribution in [0.2, 0.25) is 0 Å². The Balaban J connectivity index is 2.16. The van der Waals surface area contributed by atoms with E-state index < -0.39 is 10.0 Å². The average molecular weight is 290 g/mol. The van der Waals surface area contributed by atoms with Crippen LogP contribution in [-0.4, -0.2) is 45.5 Å². The molecule has 0 bridgehead atoms. The Hall–Kier alpha value is -0.960. The van der Waals surface area contributed by atoms with Crippen molar-refractivity contribution in [1.29, 1.82) is 0 Å². The van der Waals surface area contributed by atoms with Crippen molar-refractivity contribution in [3.05, 3.63) is 17.0 Å². The molecule has 1 atom stereocenters. The first-order valence-corrected chi connectivity index (χ1v) is 7.78. The number of sulfonamides is 1. The van der Waals surface area contributed by atoms with Crippen LogP contribution in [0.25, 0.3) is 0 Å². The van der Waals surface area contributed by atoms with E-state index in [4.69, 9.17) is 9.88 Å². The molecule has 8 heteroatoms. The summed E-state index contributed by atoms with van der Waals surface area (Å²) in [7, 11) is -2.05. The van der Waals surface area contributed by atoms with Gasteiger partial charge < -0.3 is 9.64 Å². The van der Waals surface area contributed by atoms with Crippen LogP contribution >= 0.6 is 11.3 Å². The predicted octanol–water partition coefficient (Wildman–Crippen LogP) is 0.256. The van der Waals surface area contributed by atoms with Crippen molar-refractivity contribution in [2.45, 2.75) is 16.7 Å². The van der Waals surface area contributed by atoms with Crippen LogP contribution in [0, 0.1) is 0 Å². The molecule has 0 spiro atoms. The molecule has 2 N–H and O–H groups in total. The van der Waals surface area contributed by atoms with Crippen LogP contribution in [0.3, 0.4) is 0 Å². The third-order valence-corrected chi connectivity index (χ3v) is 5.26. The number of hydrogen-bond donors (Lipinski definition) is 1. The number of hydrogen-bond acceptors (Lipinski definition) is 5. The van der Waals surface area contributed by atoms with Crippen LogP contribution in [-0.2, 0) is 14.8 Å². The highest BCUT2D eigenvalue weighted by molar-refractivity contribution is 7.91. The summed E-state index contributed by atoms with van der Waals surface area (Å²) in [6.45, 7) is 1.17. The van der Waals surface area contributed by atoms with Gasteiger partial charge in [0, 0.05) is 19.0 Å². The van der Waals surface area contributed by atoms with Gasteiger partial charge in [-0.3, -0.25) is 4.79 Å². The maximum absolute atomic E-state index is 12.1. The van der Waals surface area contributed by atoms with Gasteiger partial charge in [0.15, 0.2) is 0 Å². The largest absolute Gasteiger partial charge is 0.379 e. The molecule has 1 aromatic heterocycles. The minimum absolute atomic E-state index is 0.00178. The zero-order valence-corrected chi connectivity index (χ0v) is 11.5. The molecule has 0 aromatic carbocycles. The summed E-state index contributed by atoms with van der Waals surface area (Å²) in [5.41, 5.74) is 0.346. The molecule has 2 heterocycles. The Morgan fingerprint density at radius 2 is 2.33 bits per heavy atom. The minimum atomic E-state index is -3.74. The lowest BCUT2D eigenvalue weighted by Gasteiger charge is -2.22. The van der Waals surface area contributed by atoms with Crippen LogP contribution in [0.4, 0.5) is 0 Å². The lowest BCUT2D eigenvalue weighted by atomic mass is 10.2. The Kier molecular flexibility index (Phi) is 3.71. The van der Waals surface area contributed by atoms with Crippen LogP contribution < -0.4 is 5.14 Å². The summed E-state index contributed by atoms with van der Waals surface area (Å²) in [6.07, 6.45) is 0.800. The summed E-state index contributed by atoms with van der Waals surface area (Å²) in [6, 6.07) is 1.37. The van der Waals surface area contributed by atoms with Crippen molar-refractivity contribution in [3.63, 3.8) is 0 Å². The highest BCUT2D eigenvalue weighted by Gasteiger charge is 2.26. The molecule has 0 saturated carbocycles. The molecule has 1 aliphatic rings. The SMILES string of the molecule is CN(C(=O)c1csc(S(N)(=O)=O)c1)C1CCOC1. The molecule has 1 fully saturated rings. The third-order valence-electron chi connectivity index (χ3n) is 2.88. The van der Waals surface area contributed by atoms with Gasteiger partial charge in [-0.25, -0.2) is 13.6 Å². The van der Waals surface area contributed by atoms with Crippen molar-refractivity contribution >= 4 is 27.3 Å². The summed E-state index contributed by atoms with van der Waals surface area (Å²) in [5.74, 6) is -0.211. The van der Waals surface area contributed by atoms with E-state index in [2.05, 4.69) is 0 Å². The molecule has 0 aliphatic carbocycles. The van der Waals surface area contributed by atoms with Crippen LogP contribution in [0.5, 0.6) is 0 Å². The van der Waals surface area contributed by atoms with Gasteiger partial charge in [-0.2, -0.15) is 0 Å². The standard InChI is InChI=1S/C10H14N2O4S2/c1-12(8-2-3-16-5-8)10(13)7-4-9(17-6-7)18(11,14)15/h4,6,8H,2-3,5H2,1H3,(H2,11,14,15). The van der Waals surface area contributed by atoms with Gasteiger partial charge in [-0.1, -0.05) is 0 Å². The molecule has 1 saturated heterocycles. The number of likely N-dealkylation sites (N-methyl/N-ethyl adjacent to an activating group) is 1. The quantitative estimate of drug-likeness (QED) is 0.864. The molecular formula is C10H14N2O4S2. The normalized spacial score (nSPS) is 20.0. The smallest absolute Gasteiger partial charge is 0.254 e. The van der Waals surface area contributed by atoms with Crippen molar-refractivity contribution < 1.29 is 17.9 Å². The van der Waals surface area contributed by atoms with Gasteiger partial charge >= 0.3 is 0 Å². The number of ether oxygens (including phenoxy) is 1. The number of primary sulfonamides is 1. The summed E-state index contributed by atoms with van der Waals surface area (Å²) in [5, 5.41) is 6.51. The van der Waals surface area contributed by atoms with Gasteiger partial charge in [-0.15, -0.1) is 11.3 Å². The number of nitrogens with zero attached hydrogens (tertiary/aromatic N) is 1. The van der Waals surface area contributed by atoms with Crippen molar-refractivity contribution in [2.75, 3.05) is 20.3 Å². The Morgan fingerprint density at radius 3 is 2.83 bits per heavy atom. The number of amides is 1. The average Bonchev–Trinajstić information content (AvgIpc) is 2.96. The second-order valence-corrected chi connectivity index (χ2v) is 6.83. The maximum Gasteiger partial charge on any atom is 0.254 e. The molecule has 1 aliphatic heterocycles. The molecule has 0 radical (unpaired) electrons. The summed E-state index contributed by atoms with van der Waals surface area (Å²) < 4.78 is 27.5. The fourth-order valence-corrected chi connectivity index (χ4v) is 3.35. The van der Waals surface area contributed by atoms with E-state index in [0.29, 0.717) is 18.8 Å². The monoisotopic (exact) mass is 290 g/mol.